The molecule has 1 amide bonds. The molecule has 0 aliphatic carbocycles. The Bertz CT molecular complexity index is 955. The summed E-state index contributed by atoms with van der Waals surface area (Å²) in [6.45, 7) is 4.32. The average molecular weight is 395 g/mol. The molecule has 2 aliphatic rings. The highest BCUT2D eigenvalue weighted by Crippen LogP contribution is 2.33. The number of amides is 1. The Labute approximate surface area is 167 Å². The Morgan fingerprint density at radius 1 is 1.14 bits per heavy atom. The molecule has 2 aromatic heterocycles. The maximum atomic E-state index is 12.7. The standard InChI is InChI=1S/C20H22N6OS/c27-20(22-9-14-4-2-1-3-5-14)19-24-23-17-8-15-10-25(11-16(15)12-26(17)19)13-18-21-6-7-28-18/h1-7,15-16H,8-13H2,(H,22,27). The Kier molecular flexibility index (Phi) is 4.66. The van der Waals surface area contributed by atoms with Crippen LogP contribution in [0.25, 0.3) is 0 Å². The summed E-state index contributed by atoms with van der Waals surface area (Å²) in [4.78, 5) is 19.5. The van der Waals surface area contributed by atoms with E-state index in [9.17, 15) is 4.79 Å². The first-order valence-electron chi connectivity index (χ1n) is 9.61. The zero-order valence-corrected chi connectivity index (χ0v) is 16.3. The lowest BCUT2D eigenvalue weighted by Crippen LogP contribution is -2.32. The van der Waals surface area contributed by atoms with Gasteiger partial charge in [0.2, 0.25) is 5.82 Å². The van der Waals surface area contributed by atoms with Crippen LogP contribution in [0.15, 0.2) is 41.9 Å². The summed E-state index contributed by atoms with van der Waals surface area (Å²) in [6.07, 6.45) is 2.75. The largest absolute Gasteiger partial charge is 0.345 e. The predicted octanol–water partition coefficient (Wildman–Crippen LogP) is 1.97. The van der Waals surface area contributed by atoms with Gasteiger partial charge in [0, 0.05) is 44.2 Å². The van der Waals surface area contributed by atoms with E-state index in [0.29, 0.717) is 24.2 Å². The van der Waals surface area contributed by atoms with Crippen molar-refractivity contribution in [2.45, 2.75) is 26.1 Å². The number of carbonyl (C=O) groups excluding carboxylic acids is 1. The third-order valence-electron chi connectivity index (χ3n) is 5.68. The summed E-state index contributed by atoms with van der Waals surface area (Å²) in [7, 11) is 0. The quantitative estimate of drug-likeness (QED) is 0.716. The third kappa shape index (κ3) is 3.45. The fourth-order valence-corrected chi connectivity index (χ4v) is 4.96. The lowest BCUT2D eigenvalue weighted by atomic mass is 9.89. The minimum Gasteiger partial charge on any atom is -0.345 e. The van der Waals surface area contributed by atoms with Crippen molar-refractivity contribution in [3.8, 4) is 0 Å². The number of hydrogen-bond donors (Lipinski definition) is 1. The summed E-state index contributed by atoms with van der Waals surface area (Å²) < 4.78 is 2.02. The van der Waals surface area contributed by atoms with Gasteiger partial charge in [-0.15, -0.1) is 21.5 Å². The zero-order valence-electron chi connectivity index (χ0n) is 15.5. The zero-order chi connectivity index (χ0) is 18.9. The number of aromatic nitrogens is 4. The molecule has 2 aliphatic heterocycles. The Balaban J connectivity index is 1.25. The van der Waals surface area contributed by atoms with Crippen LogP contribution in [0.4, 0.5) is 0 Å². The summed E-state index contributed by atoms with van der Waals surface area (Å²) in [5.74, 6) is 2.32. The molecule has 1 fully saturated rings. The number of likely N-dealkylation sites (tertiary alicyclic amines) is 1. The molecule has 7 nitrogen and oxygen atoms in total. The van der Waals surface area contributed by atoms with Crippen LogP contribution in [0.3, 0.4) is 0 Å². The summed E-state index contributed by atoms with van der Waals surface area (Å²) in [5.41, 5.74) is 1.07. The first-order valence-corrected chi connectivity index (χ1v) is 10.5. The molecule has 0 bridgehead atoms. The van der Waals surface area contributed by atoms with Gasteiger partial charge in [0.15, 0.2) is 0 Å². The van der Waals surface area contributed by atoms with Crippen LogP contribution in [-0.4, -0.2) is 43.6 Å². The van der Waals surface area contributed by atoms with Gasteiger partial charge in [0.25, 0.3) is 5.91 Å². The van der Waals surface area contributed by atoms with E-state index in [-0.39, 0.29) is 5.91 Å². The SMILES string of the molecule is O=C(NCc1ccccc1)c1nnc2n1CC1CN(Cc3nccs3)CC1C2. The highest BCUT2D eigenvalue weighted by Gasteiger charge is 2.39. The second-order valence-corrected chi connectivity index (χ2v) is 8.54. The molecule has 2 atom stereocenters. The van der Waals surface area contributed by atoms with Gasteiger partial charge < -0.3 is 9.88 Å². The number of carbonyl (C=O) groups is 1. The number of fused-ring (bicyclic) bond motifs is 2. The third-order valence-corrected chi connectivity index (χ3v) is 6.45. The van der Waals surface area contributed by atoms with Gasteiger partial charge in [0.1, 0.15) is 10.8 Å². The van der Waals surface area contributed by atoms with E-state index in [1.165, 1.54) is 5.01 Å². The molecule has 3 aromatic rings. The number of rotatable bonds is 5. The van der Waals surface area contributed by atoms with E-state index in [0.717, 1.165) is 44.0 Å². The number of thiazole rings is 1. The Morgan fingerprint density at radius 3 is 2.82 bits per heavy atom. The highest BCUT2D eigenvalue weighted by atomic mass is 32.1. The molecule has 4 heterocycles. The van der Waals surface area contributed by atoms with Crippen molar-refractivity contribution in [1.29, 1.82) is 0 Å². The second kappa shape index (κ2) is 7.44. The molecule has 0 spiro atoms. The highest BCUT2D eigenvalue weighted by molar-refractivity contribution is 7.09. The molecular formula is C20H22N6OS. The molecule has 1 saturated heterocycles. The normalized spacial score (nSPS) is 21.3. The monoisotopic (exact) mass is 394 g/mol. The van der Waals surface area contributed by atoms with Gasteiger partial charge in [-0.3, -0.25) is 9.69 Å². The van der Waals surface area contributed by atoms with E-state index in [2.05, 4.69) is 25.4 Å². The molecule has 1 aromatic carbocycles. The maximum Gasteiger partial charge on any atom is 0.289 e. The van der Waals surface area contributed by atoms with E-state index in [1.807, 2.05) is 46.5 Å². The molecule has 28 heavy (non-hydrogen) atoms. The molecule has 8 heteroatoms. The maximum absolute atomic E-state index is 12.7. The van der Waals surface area contributed by atoms with Gasteiger partial charge in [-0.1, -0.05) is 30.3 Å². The number of benzene rings is 1. The van der Waals surface area contributed by atoms with Gasteiger partial charge in [-0.05, 0) is 17.4 Å². The molecule has 144 valence electrons. The van der Waals surface area contributed by atoms with Gasteiger partial charge in [-0.2, -0.15) is 0 Å². The molecule has 0 saturated carbocycles. The van der Waals surface area contributed by atoms with Crippen LogP contribution < -0.4 is 5.32 Å². The molecule has 1 N–H and O–H groups in total. The lowest BCUT2D eigenvalue weighted by molar-refractivity contribution is 0.0932. The number of nitrogens with zero attached hydrogens (tertiary/aromatic N) is 5. The first kappa shape index (κ1) is 17.5. The van der Waals surface area contributed by atoms with Crippen molar-refractivity contribution >= 4 is 17.2 Å². The summed E-state index contributed by atoms with van der Waals surface area (Å²) in [5, 5.41) is 14.7. The minimum absolute atomic E-state index is 0.154. The van der Waals surface area contributed by atoms with Gasteiger partial charge in [0.05, 0.1) is 6.54 Å². The Morgan fingerprint density at radius 2 is 2.00 bits per heavy atom. The van der Waals surface area contributed by atoms with E-state index in [4.69, 9.17) is 0 Å². The number of hydrogen-bond acceptors (Lipinski definition) is 6. The van der Waals surface area contributed by atoms with Crippen molar-refractivity contribution in [3.05, 3.63) is 64.1 Å². The predicted molar refractivity (Wildman–Crippen MR) is 106 cm³/mol. The topological polar surface area (TPSA) is 75.9 Å². The van der Waals surface area contributed by atoms with Gasteiger partial charge in [-0.25, -0.2) is 4.98 Å². The van der Waals surface area contributed by atoms with E-state index in [1.54, 1.807) is 11.3 Å². The van der Waals surface area contributed by atoms with Crippen LogP contribution >= 0.6 is 11.3 Å². The van der Waals surface area contributed by atoms with Crippen molar-refractivity contribution < 1.29 is 4.79 Å². The van der Waals surface area contributed by atoms with Crippen LogP contribution in [0.1, 0.15) is 27.0 Å². The van der Waals surface area contributed by atoms with Crippen molar-refractivity contribution in [1.82, 2.24) is 30.0 Å². The van der Waals surface area contributed by atoms with Crippen LogP contribution in [-0.2, 0) is 26.1 Å². The van der Waals surface area contributed by atoms with Crippen LogP contribution in [0.5, 0.6) is 0 Å². The van der Waals surface area contributed by atoms with Crippen molar-refractivity contribution in [2.24, 2.45) is 11.8 Å². The molecule has 0 radical (unpaired) electrons. The average Bonchev–Trinajstić information content (AvgIpc) is 3.44. The molecular weight excluding hydrogens is 372 g/mol. The lowest BCUT2D eigenvalue weighted by Gasteiger charge is -2.25. The van der Waals surface area contributed by atoms with Gasteiger partial charge >= 0.3 is 0 Å². The number of nitrogens with one attached hydrogen (secondary N) is 1. The molecule has 5 rings (SSSR count). The smallest absolute Gasteiger partial charge is 0.289 e. The van der Waals surface area contributed by atoms with E-state index < -0.39 is 0 Å². The second-order valence-electron chi connectivity index (χ2n) is 7.56. The summed E-state index contributed by atoms with van der Waals surface area (Å²) >= 11 is 1.71. The molecule has 2 unspecified atom stereocenters. The van der Waals surface area contributed by atoms with Crippen LogP contribution in [0, 0.1) is 11.8 Å². The minimum atomic E-state index is -0.154. The van der Waals surface area contributed by atoms with E-state index >= 15 is 0 Å². The Hall–Kier alpha value is -2.58. The fraction of sp³-hybridized carbons (Fsp3) is 0.400. The fourth-order valence-electron chi connectivity index (χ4n) is 4.30. The summed E-state index contributed by atoms with van der Waals surface area (Å²) in [6, 6.07) is 9.91. The van der Waals surface area contributed by atoms with Crippen molar-refractivity contribution in [2.75, 3.05) is 13.1 Å². The van der Waals surface area contributed by atoms with Crippen molar-refractivity contribution in [3.63, 3.8) is 0 Å². The van der Waals surface area contributed by atoms with Crippen LogP contribution in [0.2, 0.25) is 0 Å². The first-order chi connectivity index (χ1) is 13.8.